The van der Waals surface area contributed by atoms with E-state index in [1.54, 1.807) is 45.2 Å². The Bertz CT molecular complexity index is 1560. The third-order valence-corrected chi connectivity index (χ3v) is 10.3. The van der Waals surface area contributed by atoms with E-state index in [0.29, 0.717) is 23.7 Å². The third kappa shape index (κ3) is 6.63. The number of methoxy groups -OCH3 is 1. The molecule has 1 fully saturated rings. The summed E-state index contributed by atoms with van der Waals surface area (Å²) in [5.74, 6) is 1.41. The maximum atomic E-state index is 12.9. The molecule has 42 heavy (non-hydrogen) atoms. The molecule has 5 rings (SSSR count). The van der Waals surface area contributed by atoms with Crippen LogP contribution in [-0.2, 0) is 27.5 Å². The van der Waals surface area contributed by atoms with Crippen molar-refractivity contribution in [2.24, 2.45) is 0 Å². The van der Waals surface area contributed by atoms with Crippen molar-refractivity contribution in [2.45, 2.75) is 49.7 Å². The molecule has 0 atom stereocenters. The minimum atomic E-state index is -3.54. The lowest BCUT2D eigenvalue weighted by Crippen LogP contribution is -2.40. The van der Waals surface area contributed by atoms with Crippen LogP contribution in [0, 0.1) is 0 Å². The predicted octanol–water partition coefficient (Wildman–Crippen LogP) is 4.83. The van der Waals surface area contributed by atoms with Gasteiger partial charge in [0.15, 0.2) is 15.7 Å². The van der Waals surface area contributed by atoms with Gasteiger partial charge < -0.3 is 20.3 Å². The number of benzene rings is 2. The number of hydrogen-bond acceptors (Lipinski definition) is 9. The van der Waals surface area contributed by atoms with Gasteiger partial charge in [0.1, 0.15) is 10.8 Å². The summed E-state index contributed by atoms with van der Waals surface area (Å²) in [6, 6.07) is 10.8. The summed E-state index contributed by atoms with van der Waals surface area (Å²) in [4.78, 5) is 26.0. The van der Waals surface area contributed by atoms with E-state index in [4.69, 9.17) is 16.3 Å². The second kappa shape index (κ2) is 12.8. The lowest BCUT2D eigenvalue weighted by molar-refractivity contribution is -0.131. The zero-order valence-corrected chi connectivity index (χ0v) is 25.8. The molecule has 0 radical (unpaired) electrons. The van der Waals surface area contributed by atoms with Gasteiger partial charge in [-0.2, -0.15) is 4.98 Å². The second-order valence-corrected chi connectivity index (χ2v) is 13.8. The van der Waals surface area contributed by atoms with Gasteiger partial charge >= 0.3 is 0 Å². The van der Waals surface area contributed by atoms with Crippen molar-refractivity contribution in [1.29, 1.82) is 0 Å². The van der Waals surface area contributed by atoms with E-state index in [9.17, 15) is 13.2 Å². The number of para-hydroxylation sites is 1. The van der Waals surface area contributed by atoms with E-state index < -0.39 is 15.1 Å². The fraction of sp³-hybridized carbons (Fsp3) is 0.433. The Hall–Kier alpha value is -3.41. The van der Waals surface area contributed by atoms with Gasteiger partial charge in [-0.25, -0.2) is 13.4 Å². The summed E-state index contributed by atoms with van der Waals surface area (Å²) in [6.45, 7) is 7.08. The van der Waals surface area contributed by atoms with Crippen LogP contribution in [0.5, 0.6) is 5.75 Å². The molecule has 0 unspecified atom stereocenters. The number of hydrogen-bond donors (Lipinski definition) is 2. The van der Waals surface area contributed by atoms with Gasteiger partial charge in [-0.1, -0.05) is 23.7 Å². The summed E-state index contributed by atoms with van der Waals surface area (Å²) in [7, 11) is -1.92. The highest BCUT2D eigenvalue weighted by atomic mass is 35.5. The molecule has 1 saturated heterocycles. The van der Waals surface area contributed by atoms with Gasteiger partial charge in [-0.3, -0.25) is 9.69 Å². The number of sulfone groups is 1. The average molecular weight is 613 g/mol. The summed E-state index contributed by atoms with van der Waals surface area (Å²) < 4.78 is 31.6. The first-order valence-corrected chi connectivity index (χ1v) is 16.2. The van der Waals surface area contributed by atoms with Crippen molar-refractivity contribution in [2.75, 3.05) is 50.5 Å². The Labute approximate surface area is 252 Å². The lowest BCUT2D eigenvalue weighted by atomic mass is 10.0. The van der Waals surface area contributed by atoms with Crippen LogP contribution >= 0.6 is 11.6 Å². The van der Waals surface area contributed by atoms with Gasteiger partial charge in [-0.15, -0.1) is 0 Å². The Kier molecular flexibility index (Phi) is 9.19. The number of fused-ring (bicyclic) bond motifs is 1. The molecule has 0 aliphatic carbocycles. The quantitative estimate of drug-likeness (QED) is 0.350. The van der Waals surface area contributed by atoms with Crippen molar-refractivity contribution in [3.63, 3.8) is 0 Å². The number of anilines is 4. The summed E-state index contributed by atoms with van der Waals surface area (Å²) >= 11 is 6.42. The van der Waals surface area contributed by atoms with Crippen LogP contribution in [0.3, 0.4) is 0 Å². The third-order valence-electron chi connectivity index (χ3n) is 7.79. The van der Waals surface area contributed by atoms with Crippen molar-refractivity contribution < 1.29 is 17.9 Å². The van der Waals surface area contributed by atoms with Crippen LogP contribution in [0.2, 0.25) is 5.02 Å². The molecule has 3 aromatic rings. The first-order valence-electron chi connectivity index (χ1n) is 14.2. The van der Waals surface area contributed by atoms with Gasteiger partial charge in [-0.05, 0) is 74.9 Å². The number of nitrogens with one attached hydrogen (secondary N) is 2. The fourth-order valence-corrected chi connectivity index (χ4v) is 6.66. The van der Waals surface area contributed by atoms with Crippen LogP contribution < -0.4 is 15.4 Å². The Balaban J connectivity index is 1.34. The van der Waals surface area contributed by atoms with Crippen molar-refractivity contribution >= 4 is 50.5 Å². The molecule has 10 nitrogen and oxygen atoms in total. The summed E-state index contributed by atoms with van der Waals surface area (Å²) in [5, 5.41) is 6.00. The van der Waals surface area contributed by atoms with Crippen LogP contribution in [-0.4, -0.2) is 79.2 Å². The van der Waals surface area contributed by atoms with Crippen LogP contribution in [0.25, 0.3) is 0 Å². The maximum absolute atomic E-state index is 12.9. The SMILES string of the molecule is COc1cc2c(cc1Nc1ncc(Cl)c(Nc3ccccc3S(=O)(=O)C(C)C)n1)CCN(CC(=O)N1CCCC1)CC2. The highest BCUT2D eigenvalue weighted by Gasteiger charge is 2.25. The number of carbonyl (C=O) groups is 1. The average Bonchev–Trinajstić information content (AvgIpc) is 3.45. The Morgan fingerprint density at radius 3 is 2.40 bits per heavy atom. The second-order valence-electron chi connectivity index (χ2n) is 10.9. The van der Waals surface area contributed by atoms with E-state index in [0.717, 1.165) is 51.9 Å². The smallest absolute Gasteiger partial charge is 0.236 e. The molecule has 2 N–H and O–H groups in total. The first kappa shape index (κ1) is 30.1. The minimum absolute atomic E-state index is 0.174. The van der Waals surface area contributed by atoms with Crippen LogP contribution in [0.1, 0.15) is 37.8 Å². The fourth-order valence-electron chi connectivity index (χ4n) is 5.32. The number of likely N-dealkylation sites (tertiary alicyclic amines) is 1. The van der Waals surface area contributed by atoms with Crippen LogP contribution in [0.15, 0.2) is 47.5 Å². The molecule has 12 heteroatoms. The molecule has 224 valence electrons. The van der Waals surface area contributed by atoms with E-state index >= 15 is 0 Å². The van der Waals surface area contributed by atoms with Gasteiger partial charge in [0.05, 0.1) is 41.4 Å². The number of carbonyl (C=O) groups excluding carboxylic acids is 1. The molecule has 2 aliphatic heterocycles. The molecule has 0 bridgehead atoms. The summed E-state index contributed by atoms with van der Waals surface area (Å²) in [5.41, 5.74) is 3.45. The normalized spacial score (nSPS) is 15.8. The van der Waals surface area contributed by atoms with Crippen molar-refractivity contribution in [3.05, 3.63) is 58.7 Å². The summed E-state index contributed by atoms with van der Waals surface area (Å²) in [6.07, 6.45) is 5.27. The van der Waals surface area contributed by atoms with Gasteiger partial charge in [0, 0.05) is 26.2 Å². The Morgan fingerprint density at radius 1 is 1.02 bits per heavy atom. The standard InChI is InChI=1S/C30H37ClN6O4S/c1-20(2)42(39,40)27-9-5-4-8-24(27)33-29-23(31)18-32-30(35-29)34-25-16-21-10-14-36(15-11-22(21)17-26(25)41-3)19-28(38)37-12-6-7-13-37/h4-5,8-9,16-18,20H,6-7,10-15,19H2,1-3H3,(H2,32,33,34,35). The van der Waals surface area contributed by atoms with Crippen molar-refractivity contribution in [3.8, 4) is 5.75 Å². The molecule has 2 aromatic carbocycles. The number of rotatable bonds is 9. The highest BCUT2D eigenvalue weighted by molar-refractivity contribution is 7.92. The highest BCUT2D eigenvalue weighted by Crippen LogP contribution is 2.34. The molecule has 1 aromatic heterocycles. The molecule has 0 saturated carbocycles. The van der Waals surface area contributed by atoms with E-state index in [1.165, 1.54) is 17.3 Å². The molecule has 2 aliphatic rings. The number of nitrogens with zero attached hydrogens (tertiary/aromatic N) is 4. The number of halogens is 1. The Morgan fingerprint density at radius 2 is 1.71 bits per heavy atom. The van der Waals surface area contributed by atoms with E-state index in [1.807, 2.05) is 11.0 Å². The van der Waals surface area contributed by atoms with E-state index in [-0.39, 0.29) is 27.6 Å². The molecule has 3 heterocycles. The zero-order chi connectivity index (χ0) is 29.9. The molecule has 1 amide bonds. The predicted molar refractivity (Wildman–Crippen MR) is 165 cm³/mol. The number of aromatic nitrogens is 2. The van der Waals surface area contributed by atoms with Gasteiger partial charge in [0.25, 0.3) is 0 Å². The topological polar surface area (TPSA) is 117 Å². The maximum Gasteiger partial charge on any atom is 0.236 e. The largest absolute Gasteiger partial charge is 0.495 e. The minimum Gasteiger partial charge on any atom is -0.495 e. The van der Waals surface area contributed by atoms with Crippen molar-refractivity contribution in [1.82, 2.24) is 19.8 Å². The number of amides is 1. The molecular formula is C30H37ClN6O4S. The monoisotopic (exact) mass is 612 g/mol. The van der Waals surface area contributed by atoms with Gasteiger partial charge in [0.2, 0.25) is 11.9 Å². The van der Waals surface area contributed by atoms with Crippen LogP contribution in [0.4, 0.5) is 23.1 Å². The zero-order valence-electron chi connectivity index (χ0n) is 24.2. The number of ether oxygens (including phenoxy) is 1. The lowest BCUT2D eigenvalue weighted by Gasteiger charge is -2.23. The molecule has 0 spiro atoms. The van der Waals surface area contributed by atoms with E-state index in [2.05, 4.69) is 31.6 Å². The molecular weight excluding hydrogens is 576 g/mol. The first-order chi connectivity index (χ1) is 20.2.